The second-order valence-corrected chi connectivity index (χ2v) is 7.27. The van der Waals surface area contributed by atoms with Gasteiger partial charge in [-0.3, -0.25) is 4.79 Å². The molecule has 1 aromatic carbocycles. The van der Waals surface area contributed by atoms with Gasteiger partial charge in [0.25, 0.3) is 5.56 Å². The van der Waals surface area contributed by atoms with Crippen LogP contribution in [0.4, 0.5) is 5.13 Å². The van der Waals surface area contributed by atoms with Gasteiger partial charge in [0.15, 0.2) is 0 Å². The summed E-state index contributed by atoms with van der Waals surface area (Å²) in [6, 6.07) is 6.83. The number of aryl methyl sites for hydroxylation is 1. The van der Waals surface area contributed by atoms with E-state index in [9.17, 15) is 4.79 Å². The molecule has 0 aliphatic carbocycles. The van der Waals surface area contributed by atoms with Crippen molar-refractivity contribution in [3.63, 3.8) is 0 Å². The summed E-state index contributed by atoms with van der Waals surface area (Å²) in [6.45, 7) is 4.03. The number of anilines is 1. The fraction of sp³-hybridized carbons (Fsp3) is 0.312. The molecule has 2 heterocycles. The lowest BCUT2D eigenvalue weighted by molar-refractivity contribution is 0.826. The topological polar surface area (TPSA) is 59.3 Å². The first-order valence-electron chi connectivity index (χ1n) is 7.59. The average molecular weight is 383 g/mol. The van der Waals surface area contributed by atoms with Gasteiger partial charge in [0.05, 0.1) is 6.04 Å². The summed E-state index contributed by atoms with van der Waals surface area (Å²) < 4.78 is 1.32. The number of nitrogens with zero attached hydrogens (tertiary/aromatic N) is 3. The molecule has 8 heteroatoms. The summed E-state index contributed by atoms with van der Waals surface area (Å²) in [6.07, 6.45) is 1.72. The Balaban J connectivity index is 1.89. The number of halogens is 2. The summed E-state index contributed by atoms with van der Waals surface area (Å²) in [7, 11) is 0. The molecule has 0 saturated heterocycles. The van der Waals surface area contributed by atoms with Crippen LogP contribution in [0.25, 0.3) is 4.96 Å². The van der Waals surface area contributed by atoms with Gasteiger partial charge in [0, 0.05) is 21.8 Å². The van der Waals surface area contributed by atoms with Crippen LogP contribution in [0.2, 0.25) is 10.0 Å². The van der Waals surface area contributed by atoms with E-state index in [-0.39, 0.29) is 11.6 Å². The minimum atomic E-state index is -0.162. The maximum atomic E-state index is 12.1. The summed E-state index contributed by atoms with van der Waals surface area (Å²) in [5.74, 6) is 0. The molecule has 0 aliphatic rings. The van der Waals surface area contributed by atoms with Crippen LogP contribution in [0.5, 0.6) is 0 Å². The first-order valence-corrected chi connectivity index (χ1v) is 9.16. The lowest BCUT2D eigenvalue weighted by atomic mass is 10.1. The molecule has 1 N–H and O–H groups in total. The van der Waals surface area contributed by atoms with Gasteiger partial charge in [-0.2, -0.15) is 4.52 Å². The first kappa shape index (κ1) is 17.2. The third-order valence-corrected chi connectivity index (χ3v) is 4.98. The number of hydrogen-bond donors (Lipinski definition) is 1. The van der Waals surface area contributed by atoms with Crippen LogP contribution in [-0.2, 0) is 6.42 Å². The van der Waals surface area contributed by atoms with Gasteiger partial charge >= 0.3 is 0 Å². The van der Waals surface area contributed by atoms with E-state index in [1.54, 1.807) is 18.2 Å². The molecule has 0 spiro atoms. The molecule has 0 fully saturated rings. The second kappa shape index (κ2) is 7.09. The smallest absolute Gasteiger partial charge is 0.275 e. The van der Waals surface area contributed by atoms with E-state index in [4.69, 9.17) is 23.2 Å². The number of hydrogen-bond acceptors (Lipinski definition) is 5. The number of rotatable bonds is 5. The number of fused-ring (bicyclic) bond motifs is 1. The maximum absolute atomic E-state index is 12.1. The van der Waals surface area contributed by atoms with E-state index in [1.165, 1.54) is 15.9 Å². The van der Waals surface area contributed by atoms with Crippen molar-refractivity contribution in [2.45, 2.75) is 32.7 Å². The lowest BCUT2D eigenvalue weighted by Gasteiger charge is -2.14. The Kier molecular flexibility index (Phi) is 5.08. The van der Waals surface area contributed by atoms with Crippen LogP contribution in [0, 0.1) is 0 Å². The fourth-order valence-corrected chi connectivity index (χ4v) is 3.90. The van der Waals surface area contributed by atoms with Crippen molar-refractivity contribution in [1.82, 2.24) is 14.6 Å². The molecule has 5 nitrogen and oxygen atoms in total. The molecule has 0 radical (unpaired) electrons. The summed E-state index contributed by atoms with van der Waals surface area (Å²) >= 11 is 13.5. The zero-order valence-electron chi connectivity index (χ0n) is 13.2. The highest BCUT2D eigenvalue weighted by atomic mass is 35.5. The highest BCUT2D eigenvalue weighted by Crippen LogP contribution is 2.29. The quantitative estimate of drug-likeness (QED) is 0.701. The van der Waals surface area contributed by atoms with E-state index < -0.39 is 0 Å². The zero-order chi connectivity index (χ0) is 17.3. The Morgan fingerprint density at radius 2 is 2.12 bits per heavy atom. The molecule has 0 unspecified atom stereocenters. The summed E-state index contributed by atoms with van der Waals surface area (Å²) in [5, 5.41) is 9.37. The van der Waals surface area contributed by atoms with Crippen molar-refractivity contribution in [1.29, 1.82) is 0 Å². The molecular formula is C16H16Cl2N4OS. The van der Waals surface area contributed by atoms with Gasteiger partial charge < -0.3 is 5.32 Å². The monoisotopic (exact) mass is 382 g/mol. The van der Waals surface area contributed by atoms with Crippen LogP contribution in [0.1, 0.15) is 37.6 Å². The standard InChI is InChI=1S/C16H16Cl2N4OS/c1-3-4-11-8-14(23)22-16(20-11)24-15(21-22)19-9(2)12-6-5-10(17)7-13(12)18/h5-9H,3-4H2,1-2H3,(H,19,21)/t9-/m0/s1. The van der Waals surface area contributed by atoms with Gasteiger partial charge in [-0.15, -0.1) is 5.10 Å². The largest absolute Gasteiger partial charge is 0.354 e. The predicted molar refractivity (Wildman–Crippen MR) is 99.6 cm³/mol. The number of benzene rings is 1. The minimum absolute atomic E-state index is 0.0823. The molecule has 3 aromatic rings. The van der Waals surface area contributed by atoms with Gasteiger partial charge in [-0.05, 0) is 31.0 Å². The third kappa shape index (κ3) is 3.55. The predicted octanol–water partition coefficient (Wildman–Crippen LogP) is 4.58. The molecule has 24 heavy (non-hydrogen) atoms. The van der Waals surface area contributed by atoms with Crippen molar-refractivity contribution < 1.29 is 0 Å². The normalized spacial score (nSPS) is 12.5. The lowest BCUT2D eigenvalue weighted by Crippen LogP contribution is -2.15. The third-order valence-electron chi connectivity index (χ3n) is 3.57. The molecule has 0 aliphatic heterocycles. The van der Waals surface area contributed by atoms with Gasteiger partial charge in [-0.25, -0.2) is 4.98 Å². The van der Waals surface area contributed by atoms with Crippen LogP contribution >= 0.6 is 34.5 Å². The van der Waals surface area contributed by atoms with Crippen molar-refractivity contribution in [3.8, 4) is 0 Å². The highest BCUT2D eigenvalue weighted by Gasteiger charge is 2.14. The van der Waals surface area contributed by atoms with Crippen LogP contribution in [-0.4, -0.2) is 14.6 Å². The number of nitrogens with one attached hydrogen (secondary N) is 1. The molecule has 1 atom stereocenters. The molecule has 0 saturated carbocycles. The first-order chi connectivity index (χ1) is 11.5. The summed E-state index contributed by atoms with van der Waals surface area (Å²) in [5.41, 5.74) is 1.55. The van der Waals surface area contributed by atoms with Gasteiger partial charge in [0.1, 0.15) is 0 Å². The second-order valence-electron chi connectivity index (χ2n) is 5.47. The molecular weight excluding hydrogens is 367 g/mol. The average Bonchev–Trinajstić information content (AvgIpc) is 2.90. The van der Waals surface area contributed by atoms with Crippen LogP contribution < -0.4 is 10.9 Å². The molecule has 0 amide bonds. The maximum Gasteiger partial charge on any atom is 0.275 e. The van der Waals surface area contributed by atoms with E-state index in [0.717, 1.165) is 24.1 Å². The van der Waals surface area contributed by atoms with Crippen molar-refractivity contribution in [2.24, 2.45) is 0 Å². The highest BCUT2D eigenvalue weighted by molar-refractivity contribution is 7.20. The fourth-order valence-electron chi connectivity index (χ4n) is 2.41. The minimum Gasteiger partial charge on any atom is -0.354 e. The molecule has 126 valence electrons. The van der Waals surface area contributed by atoms with E-state index in [2.05, 4.69) is 22.3 Å². The van der Waals surface area contributed by atoms with Gasteiger partial charge in [0.2, 0.25) is 10.1 Å². The Hall–Kier alpha value is -1.63. The SMILES string of the molecule is CCCc1cc(=O)n2nc(N[C@@H](C)c3ccc(Cl)cc3Cl)sc2n1. The van der Waals surface area contributed by atoms with E-state index in [0.29, 0.717) is 20.1 Å². The van der Waals surface area contributed by atoms with E-state index >= 15 is 0 Å². The van der Waals surface area contributed by atoms with Crippen molar-refractivity contribution in [2.75, 3.05) is 5.32 Å². The molecule has 3 rings (SSSR count). The van der Waals surface area contributed by atoms with Crippen LogP contribution in [0.3, 0.4) is 0 Å². The Morgan fingerprint density at radius 1 is 1.33 bits per heavy atom. The van der Waals surface area contributed by atoms with Crippen molar-refractivity contribution in [3.05, 3.63) is 55.9 Å². The Bertz CT molecular complexity index is 937. The zero-order valence-corrected chi connectivity index (χ0v) is 15.5. The summed E-state index contributed by atoms with van der Waals surface area (Å²) in [4.78, 5) is 17.2. The molecule has 0 bridgehead atoms. The van der Waals surface area contributed by atoms with E-state index in [1.807, 2.05) is 13.0 Å². The molecule has 2 aromatic heterocycles. The Labute approximate surface area is 153 Å². The van der Waals surface area contributed by atoms with Crippen LogP contribution in [0.15, 0.2) is 29.1 Å². The number of aromatic nitrogens is 3. The van der Waals surface area contributed by atoms with Crippen molar-refractivity contribution >= 4 is 44.6 Å². The Morgan fingerprint density at radius 3 is 2.83 bits per heavy atom. The van der Waals surface area contributed by atoms with Gasteiger partial charge in [-0.1, -0.05) is 53.9 Å².